The van der Waals surface area contributed by atoms with Crippen molar-refractivity contribution in [2.45, 2.75) is 26.3 Å². The SMILES string of the molecule is CCSCC(C)NC(=O)c1ccc(C#CCCO)cn1. The molecule has 20 heavy (non-hydrogen) atoms. The summed E-state index contributed by atoms with van der Waals surface area (Å²) in [6, 6.07) is 3.55. The number of aliphatic hydroxyl groups excluding tert-OH is 1. The Kier molecular flexibility index (Phi) is 7.78. The Morgan fingerprint density at radius 2 is 2.35 bits per heavy atom. The van der Waals surface area contributed by atoms with Gasteiger partial charge in [0.2, 0.25) is 0 Å². The van der Waals surface area contributed by atoms with Crippen LogP contribution in [0.4, 0.5) is 0 Å². The highest BCUT2D eigenvalue weighted by atomic mass is 32.2. The molecule has 4 nitrogen and oxygen atoms in total. The molecule has 1 unspecified atom stereocenters. The minimum Gasteiger partial charge on any atom is -0.395 e. The number of carbonyl (C=O) groups excluding carboxylic acids is 1. The van der Waals surface area contributed by atoms with Crippen molar-refractivity contribution in [1.82, 2.24) is 10.3 Å². The van der Waals surface area contributed by atoms with Gasteiger partial charge in [0.05, 0.1) is 6.61 Å². The summed E-state index contributed by atoms with van der Waals surface area (Å²) < 4.78 is 0. The number of nitrogens with zero attached hydrogens (tertiary/aromatic N) is 1. The number of aromatic nitrogens is 1. The second kappa shape index (κ2) is 9.40. The van der Waals surface area contributed by atoms with Gasteiger partial charge in [-0.25, -0.2) is 4.98 Å². The molecule has 0 aromatic carbocycles. The quantitative estimate of drug-likeness (QED) is 0.783. The minimum absolute atomic E-state index is 0.0502. The molecule has 0 aliphatic carbocycles. The molecule has 0 fully saturated rings. The standard InChI is InChI=1S/C15H20N2O2S/c1-3-20-11-12(2)17-15(19)14-8-7-13(10-16-14)6-4-5-9-18/h7-8,10,12,18H,3,5,9,11H2,1-2H3,(H,17,19). The smallest absolute Gasteiger partial charge is 0.270 e. The van der Waals surface area contributed by atoms with E-state index in [-0.39, 0.29) is 18.6 Å². The van der Waals surface area contributed by atoms with Gasteiger partial charge in [0.25, 0.3) is 5.91 Å². The zero-order chi connectivity index (χ0) is 14.8. The predicted molar refractivity (Wildman–Crippen MR) is 82.7 cm³/mol. The van der Waals surface area contributed by atoms with E-state index in [1.165, 1.54) is 0 Å². The lowest BCUT2D eigenvalue weighted by atomic mass is 10.2. The van der Waals surface area contributed by atoms with Crippen molar-refractivity contribution in [2.75, 3.05) is 18.1 Å². The van der Waals surface area contributed by atoms with E-state index in [0.29, 0.717) is 12.1 Å². The molecule has 0 saturated carbocycles. The van der Waals surface area contributed by atoms with Gasteiger partial charge in [-0.15, -0.1) is 0 Å². The first-order valence-electron chi connectivity index (χ1n) is 6.61. The van der Waals surface area contributed by atoms with Crippen LogP contribution < -0.4 is 5.32 Å². The van der Waals surface area contributed by atoms with Crippen LogP contribution in [0.1, 0.15) is 36.3 Å². The second-order valence-electron chi connectivity index (χ2n) is 4.24. The van der Waals surface area contributed by atoms with E-state index >= 15 is 0 Å². The van der Waals surface area contributed by atoms with Crippen LogP contribution in [0, 0.1) is 11.8 Å². The number of thioether (sulfide) groups is 1. The van der Waals surface area contributed by atoms with Gasteiger partial charge in [0.1, 0.15) is 5.69 Å². The number of aliphatic hydroxyl groups is 1. The van der Waals surface area contributed by atoms with E-state index in [2.05, 4.69) is 29.1 Å². The van der Waals surface area contributed by atoms with Gasteiger partial charge < -0.3 is 10.4 Å². The van der Waals surface area contributed by atoms with Gasteiger partial charge in [0, 0.05) is 30.0 Å². The van der Waals surface area contributed by atoms with Crippen molar-refractivity contribution in [2.24, 2.45) is 0 Å². The summed E-state index contributed by atoms with van der Waals surface area (Å²) in [6.07, 6.45) is 2.01. The maximum Gasteiger partial charge on any atom is 0.270 e. The van der Waals surface area contributed by atoms with E-state index in [1.807, 2.05) is 6.92 Å². The molecule has 0 bridgehead atoms. The topological polar surface area (TPSA) is 62.2 Å². The van der Waals surface area contributed by atoms with Crippen LogP contribution in [0.3, 0.4) is 0 Å². The molecule has 5 heteroatoms. The van der Waals surface area contributed by atoms with Crippen molar-refractivity contribution in [3.05, 3.63) is 29.6 Å². The number of pyridine rings is 1. The fourth-order valence-electron chi connectivity index (χ4n) is 1.46. The van der Waals surface area contributed by atoms with E-state index in [0.717, 1.165) is 17.1 Å². The summed E-state index contributed by atoms with van der Waals surface area (Å²) in [7, 11) is 0. The van der Waals surface area contributed by atoms with E-state index < -0.39 is 0 Å². The van der Waals surface area contributed by atoms with Gasteiger partial charge in [0.15, 0.2) is 0 Å². The molecule has 0 radical (unpaired) electrons. The van der Waals surface area contributed by atoms with Crippen molar-refractivity contribution in [1.29, 1.82) is 0 Å². The molecule has 0 aliphatic rings. The van der Waals surface area contributed by atoms with Gasteiger partial charge >= 0.3 is 0 Å². The second-order valence-corrected chi connectivity index (χ2v) is 5.56. The van der Waals surface area contributed by atoms with Crippen LogP contribution in [-0.2, 0) is 0 Å². The number of hydrogen-bond donors (Lipinski definition) is 2. The molecule has 2 N–H and O–H groups in total. The zero-order valence-corrected chi connectivity index (χ0v) is 12.7. The Morgan fingerprint density at radius 1 is 1.55 bits per heavy atom. The molecule has 0 saturated heterocycles. The fourth-order valence-corrected chi connectivity index (χ4v) is 2.13. The lowest BCUT2D eigenvalue weighted by molar-refractivity contribution is 0.0938. The number of hydrogen-bond acceptors (Lipinski definition) is 4. The number of rotatable bonds is 6. The van der Waals surface area contributed by atoms with Crippen LogP contribution >= 0.6 is 11.8 Å². The highest BCUT2D eigenvalue weighted by Gasteiger charge is 2.10. The van der Waals surface area contributed by atoms with Gasteiger partial charge in [-0.1, -0.05) is 18.8 Å². The largest absolute Gasteiger partial charge is 0.395 e. The average Bonchev–Trinajstić information content (AvgIpc) is 2.46. The molecule has 1 atom stereocenters. The lowest BCUT2D eigenvalue weighted by Gasteiger charge is -2.12. The maximum atomic E-state index is 11.9. The molecule has 1 aromatic heterocycles. The van der Waals surface area contributed by atoms with Gasteiger partial charge in [-0.2, -0.15) is 11.8 Å². The van der Waals surface area contributed by atoms with Crippen molar-refractivity contribution < 1.29 is 9.90 Å². The average molecular weight is 292 g/mol. The molecule has 1 heterocycles. The normalized spacial score (nSPS) is 11.3. The Hall–Kier alpha value is -1.51. The monoisotopic (exact) mass is 292 g/mol. The summed E-state index contributed by atoms with van der Waals surface area (Å²) in [5, 5.41) is 11.5. The Morgan fingerprint density at radius 3 is 2.95 bits per heavy atom. The summed E-state index contributed by atoms with van der Waals surface area (Å²) in [5.74, 6) is 7.46. The molecule has 1 rings (SSSR count). The van der Waals surface area contributed by atoms with Crippen molar-refractivity contribution in [3.63, 3.8) is 0 Å². The summed E-state index contributed by atoms with van der Waals surface area (Å²) in [6.45, 7) is 4.13. The number of nitrogens with one attached hydrogen (secondary N) is 1. The summed E-state index contributed by atoms with van der Waals surface area (Å²) in [5.41, 5.74) is 1.13. The van der Waals surface area contributed by atoms with Crippen molar-refractivity contribution in [3.8, 4) is 11.8 Å². The Balaban J connectivity index is 2.55. The van der Waals surface area contributed by atoms with Gasteiger partial charge in [-0.05, 0) is 24.8 Å². The first-order valence-corrected chi connectivity index (χ1v) is 7.77. The van der Waals surface area contributed by atoms with E-state index in [9.17, 15) is 4.79 Å². The molecular formula is C15H20N2O2S. The molecule has 0 spiro atoms. The number of amides is 1. The molecule has 0 aliphatic heterocycles. The number of carbonyl (C=O) groups is 1. The molecular weight excluding hydrogens is 272 g/mol. The zero-order valence-electron chi connectivity index (χ0n) is 11.8. The van der Waals surface area contributed by atoms with Crippen LogP contribution in [0.5, 0.6) is 0 Å². The minimum atomic E-state index is -0.163. The summed E-state index contributed by atoms with van der Waals surface area (Å²) in [4.78, 5) is 16.0. The molecule has 1 amide bonds. The van der Waals surface area contributed by atoms with Crippen LogP contribution in [0.2, 0.25) is 0 Å². The van der Waals surface area contributed by atoms with Crippen LogP contribution in [0.15, 0.2) is 18.3 Å². The van der Waals surface area contributed by atoms with Gasteiger partial charge in [-0.3, -0.25) is 4.79 Å². The third kappa shape index (κ3) is 6.09. The van der Waals surface area contributed by atoms with Crippen molar-refractivity contribution >= 4 is 17.7 Å². The highest BCUT2D eigenvalue weighted by Crippen LogP contribution is 2.03. The first kappa shape index (κ1) is 16.5. The lowest BCUT2D eigenvalue weighted by Crippen LogP contribution is -2.34. The van der Waals surface area contributed by atoms with Crippen LogP contribution in [0.25, 0.3) is 0 Å². The van der Waals surface area contributed by atoms with E-state index in [4.69, 9.17) is 5.11 Å². The molecule has 108 valence electrons. The predicted octanol–water partition coefficient (Wildman–Crippen LogP) is 1.69. The first-order chi connectivity index (χ1) is 9.67. The summed E-state index contributed by atoms with van der Waals surface area (Å²) >= 11 is 1.79. The maximum absolute atomic E-state index is 11.9. The Labute approximate surface area is 124 Å². The Bertz CT molecular complexity index is 477. The highest BCUT2D eigenvalue weighted by molar-refractivity contribution is 7.99. The third-order valence-electron chi connectivity index (χ3n) is 2.42. The molecule has 1 aromatic rings. The fraction of sp³-hybridized carbons (Fsp3) is 0.467. The third-order valence-corrected chi connectivity index (χ3v) is 3.56. The van der Waals surface area contributed by atoms with Crippen LogP contribution in [-0.4, -0.2) is 40.2 Å². The van der Waals surface area contributed by atoms with E-state index in [1.54, 1.807) is 30.1 Å².